The Morgan fingerprint density at radius 1 is 1.37 bits per heavy atom. The summed E-state index contributed by atoms with van der Waals surface area (Å²) in [7, 11) is 1.86. The summed E-state index contributed by atoms with van der Waals surface area (Å²) in [6.45, 7) is 2.29. The number of hydrogen-bond donors (Lipinski definition) is 1. The van der Waals surface area contributed by atoms with Crippen LogP contribution < -0.4 is 4.90 Å². The normalized spacial score (nSPS) is 10.2. The van der Waals surface area contributed by atoms with Gasteiger partial charge in [-0.2, -0.15) is 0 Å². The lowest BCUT2D eigenvalue weighted by Crippen LogP contribution is -2.20. The molecule has 2 heterocycles. The Morgan fingerprint density at radius 3 is 2.63 bits per heavy atom. The van der Waals surface area contributed by atoms with Gasteiger partial charge in [-0.25, -0.2) is 14.8 Å². The maximum atomic E-state index is 10.9. The van der Waals surface area contributed by atoms with Crippen LogP contribution in [0.5, 0.6) is 0 Å². The van der Waals surface area contributed by atoms with Crippen LogP contribution >= 0.6 is 0 Å². The van der Waals surface area contributed by atoms with Crippen molar-refractivity contribution in [1.29, 1.82) is 0 Å². The second-order valence-electron chi connectivity index (χ2n) is 4.19. The van der Waals surface area contributed by atoms with E-state index in [1.54, 1.807) is 19.3 Å². The number of hydrogen-bond acceptors (Lipinski definition) is 5. The molecule has 0 aliphatic carbocycles. The monoisotopic (exact) mass is 258 g/mol. The van der Waals surface area contributed by atoms with Crippen LogP contribution in [0.2, 0.25) is 0 Å². The zero-order valence-electron chi connectivity index (χ0n) is 10.7. The molecular formula is C13H14N4O2. The Hall–Kier alpha value is -2.50. The zero-order chi connectivity index (χ0) is 13.8. The molecule has 0 bridgehead atoms. The molecule has 0 fully saturated rings. The third kappa shape index (κ3) is 3.04. The average molecular weight is 258 g/mol. The molecule has 19 heavy (non-hydrogen) atoms. The highest BCUT2D eigenvalue weighted by Gasteiger charge is 2.12. The molecule has 98 valence electrons. The quantitative estimate of drug-likeness (QED) is 0.895. The zero-order valence-corrected chi connectivity index (χ0v) is 10.7. The number of pyridine rings is 1. The minimum Gasteiger partial charge on any atom is -0.478 e. The van der Waals surface area contributed by atoms with Crippen molar-refractivity contribution in [3.05, 3.63) is 47.5 Å². The molecular weight excluding hydrogens is 244 g/mol. The number of carboxylic acids is 1. The topological polar surface area (TPSA) is 79.2 Å². The Kier molecular flexibility index (Phi) is 3.70. The summed E-state index contributed by atoms with van der Waals surface area (Å²) in [6, 6.07) is 3.82. The van der Waals surface area contributed by atoms with Crippen LogP contribution in [0.1, 0.15) is 21.6 Å². The average Bonchev–Trinajstić information content (AvgIpc) is 2.39. The molecule has 0 unspecified atom stereocenters. The van der Waals surface area contributed by atoms with E-state index in [1.165, 1.54) is 6.20 Å². The molecule has 1 N–H and O–H groups in total. The first-order valence-electron chi connectivity index (χ1n) is 5.75. The van der Waals surface area contributed by atoms with Gasteiger partial charge in [0, 0.05) is 32.2 Å². The van der Waals surface area contributed by atoms with E-state index in [2.05, 4.69) is 15.0 Å². The van der Waals surface area contributed by atoms with E-state index in [9.17, 15) is 4.79 Å². The fraction of sp³-hybridized carbons (Fsp3) is 0.231. The number of carboxylic acid groups (broad SMARTS) is 1. The predicted molar refractivity (Wildman–Crippen MR) is 70.1 cm³/mol. The van der Waals surface area contributed by atoms with Crippen molar-refractivity contribution < 1.29 is 9.90 Å². The minimum atomic E-state index is -1.01. The second-order valence-corrected chi connectivity index (χ2v) is 4.19. The smallest absolute Gasteiger partial charge is 0.339 e. The number of aromatic nitrogens is 3. The van der Waals surface area contributed by atoms with Gasteiger partial charge < -0.3 is 10.0 Å². The van der Waals surface area contributed by atoms with Crippen LogP contribution in [0.15, 0.2) is 30.7 Å². The van der Waals surface area contributed by atoms with E-state index in [1.807, 2.05) is 24.1 Å². The van der Waals surface area contributed by atoms with Crippen molar-refractivity contribution in [2.24, 2.45) is 0 Å². The molecule has 0 aliphatic heterocycles. The van der Waals surface area contributed by atoms with Crippen molar-refractivity contribution in [2.75, 3.05) is 11.9 Å². The Labute approximate surface area is 110 Å². The number of aromatic carboxylic acids is 1. The van der Waals surface area contributed by atoms with E-state index in [0.717, 1.165) is 5.56 Å². The Bertz CT molecular complexity index is 586. The van der Waals surface area contributed by atoms with E-state index >= 15 is 0 Å². The summed E-state index contributed by atoms with van der Waals surface area (Å²) >= 11 is 0. The van der Waals surface area contributed by atoms with Gasteiger partial charge in [-0.15, -0.1) is 0 Å². The lowest BCUT2D eigenvalue weighted by atomic mass is 10.2. The molecule has 2 rings (SSSR count). The molecule has 2 aromatic heterocycles. The lowest BCUT2D eigenvalue weighted by molar-refractivity contribution is 0.0695. The molecule has 2 aromatic rings. The van der Waals surface area contributed by atoms with Crippen molar-refractivity contribution in [3.63, 3.8) is 0 Å². The SMILES string of the molecule is Cc1nc(N(C)Cc2ccncc2)ncc1C(=O)O. The van der Waals surface area contributed by atoms with Crippen LogP contribution in [0.3, 0.4) is 0 Å². The van der Waals surface area contributed by atoms with Crippen LogP contribution in [-0.4, -0.2) is 33.1 Å². The van der Waals surface area contributed by atoms with Crippen LogP contribution in [0.25, 0.3) is 0 Å². The van der Waals surface area contributed by atoms with E-state index < -0.39 is 5.97 Å². The fourth-order valence-electron chi connectivity index (χ4n) is 1.68. The molecule has 0 aliphatic rings. The number of anilines is 1. The second kappa shape index (κ2) is 5.43. The molecule has 0 atom stereocenters. The van der Waals surface area contributed by atoms with Gasteiger partial charge in [0.25, 0.3) is 0 Å². The molecule has 6 heteroatoms. The van der Waals surface area contributed by atoms with Crippen LogP contribution in [0.4, 0.5) is 5.95 Å². The highest BCUT2D eigenvalue weighted by atomic mass is 16.4. The maximum Gasteiger partial charge on any atom is 0.339 e. The van der Waals surface area contributed by atoms with Gasteiger partial charge in [0.2, 0.25) is 5.95 Å². The first-order valence-corrected chi connectivity index (χ1v) is 5.75. The predicted octanol–water partition coefficient (Wildman–Crippen LogP) is 1.51. The van der Waals surface area contributed by atoms with Crippen molar-refractivity contribution in [3.8, 4) is 0 Å². The van der Waals surface area contributed by atoms with E-state index in [-0.39, 0.29) is 5.56 Å². The van der Waals surface area contributed by atoms with Gasteiger partial charge in [0.05, 0.1) is 11.3 Å². The first-order chi connectivity index (χ1) is 9.08. The summed E-state index contributed by atoms with van der Waals surface area (Å²) in [6.07, 6.45) is 4.79. The summed E-state index contributed by atoms with van der Waals surface area (Å²) in [5.74, 6) is -0.514. The number of carbonyl (C=O) groups is 1. The molecule has 0 aromatic carbocycles. The molecule has 0 saturated carbocycles. The fourth-order valence-corrected chi connectivity index (χ4v) is 1.68. The van der Waals surface area contributed by atoms with Crippen molar-refractivity contribution >= 4 is 11.9 Å². The highest BCUT2D eigenvalue weighted by Crippen LogP contribution is 2.12. The number of aryl methyl sites for hydroxylation is 1. The highest BCUT2D eigenvalue weighted by molar-refractivity contribution is 5.88. The van der Waals surface area contributed by atoms with Crippen molar-refractivity contribution in [1.82, 2.24) is 15.0 Å². The van der Waals surface area contributed by atoms with Gasteiger partial charge in [-0.05, 0) is 24.6 Å². The Morgan fingerprint density at radius 2 is 2.05 bits per heavy atom. The summed E-state index contributed by atoms with van der Waals surface area (Å²) in [4.78, 5) is 25.0. The molecule has 0 saturated heterocycles. The van der Waals surface area contributed by atoms with Gasteiger partial charge in [-0.3, -0.25) is 4.98 Å². The number of nitrogens with zero attached hydrogens (tertiary/aromatic N) is 4. The van der Waals surface area contributed by atoms with Gasteiger partial charge in [0.1, 0.15) is 0 Å². The van der Waals surface area contributed by atoms with Gasteiger partial charge >= 0.3 is 5.97 Å². The summed E-state index contributed by atoms with van der Waals surface area (Å²) in [5, 5.41) is 8.93. The maximum absolute atomic E-state index is 10.9. The first kappa shape index (κ1) is 12.9. The van der Waals surface area contributed by atoms with E-state index in [4.69, 9.17) is 5.11 Å². The van der Waals surface area contributed by atoms with E-state index in [0.29, 0.717) is 18.2 Å². The van der Waals surface area contributed by atoms with Crippen LogP contribution in [0, 0.1) is 6.92 Å². The molecule has 6 nitrogen and oxygen atoms in total. The Balaban J connectivity index is 2.18. The number of rotatable bonds is 4. The van der Waals surface area contributed by atoms with Gasteiger partial charge in [-0.1, -0.05) is 0 Å². The van der Waals surface area contributed by atoms with Gasteiger partial charge in [0.15, 0.2) is 0 Å². The van der Waals surface area contributed by atoms with Crippen molar-refractivity contribution in [2.45, 2.75) is 13.5 Å². The minimum absolute atomic E-state index is 0.126. The largest absolute Gasteiger partial charge is 0.478 e. The summed E-state index contributed by atoms with van der Waals surface area (Å²) in [5.41, 5.74) is 1.67. The summed E-state index contributed by atoms with van der Waals surface area (Å²) < 4.78 is 0. The van der Waals surface area contributed by atoms with Crippen LogP contribution in [-0.2, 0) is 6.54 Å². The molecule has 0 amide bonds. The standard InChI is InChI=1S/C13H14N4O2/c1-9-11(12(18)19)7-15-13(16-9)17(2)8-10-3-5-14-6-4-10/h3-7H,8H2,1-2H3,(H,18,19). The third-order valence-electron chi connectivity index (χ3n) is 2.71. The molecule has 0 spiro atoms. The molecule has 0 radical (unpaired) electrons. The lowest BCUT2D eigenvalue weighted by Gasteiger charge is -2.17. The third-order valence-corrected chi connectivity index (χ3v) is 2.71.